The largest absolute Gasteiger partial charge is 0.352 e. The number of anilines is 1. The molecule has 1 aliphatic rings. The fourth-order valence-corrected chi connectivity index (χ4v) is 5.05. The molecule has 1 aromatic carbocycles. The molecule has 4 nitrogen and oxygen atoms in total. The van der Waals surface area contributed by atoms with Gasteiger partial charge in [-0.15, -0.1) is 11.3 Å². The van der Waals surface area contributed by atoms with Crippen molar-refractivity contribution in [3.8, 4) is 6.07 Å². The maximum atomic E-state index is 12.8. The van der Waals surface area contributed by atoms with Crippen LogP contribution >= 0.6 is 46.1 Å². The summed E-state index contributed by atoms with van der Waals surface area (Å²) in [6.45, 7) is 6.33. The van der Waals surface area contributed by atoms with E-state index in [1.807, 2.05) is 12.1 Å². The smallest absolute Gasteiger partial charge is 0.252 e. The predicted molar refractivity (Wildman–Crippen MR) is 126 cm³/mol. The van der Waals surface area contributed by atoms with Crippen molar-refractivity contribution in [2.75, 3.05) is 5.32 Å². The number of rotatable bonds is 4. The van der Waals surface area contributed by atoms with E-state index in [2.05, 4.69) is 37.5 Å². The zero-order chi connectivity index (χ0) is 22.1. The first-order chi connectivity index (χ1) is 14.0. The second-order valence-electron chi connectivity index (χ2n) is 8.45. The van der Waals surface area contributed by atoms with Crippen molar-refractivity contribution in [3.63, 3.8) is 0 Å². The maximum absolute atomic E-state index is 12.8. The second-order valence-corrected chi connectivity index (χ2v) is 11.9. The number of carbonyl (C=O) groups excluding carboxylic acids is 1. The lowest BCUT2D eigenvalue weighted by Crippen LogP contribution is -2.49. The molecule has 0 unspecified atom stereocenters. The van der Waals surface area contributed by atoms with E-state index < -0.39 is 9.96 Å². The van der Waals surface area contributed by atoms with E-state index in [0.717, 1.165) is 36.8 Å². The number of halogens is 3. The van der Waals surface area contributed by atoms with Crippen LogP contribution in [0, 0.1) is 11.3 Å². The van der Waals surface area contributed by atoms with Crippen molar-refractivity contribution in [2.45, 2.75) is 61.8 Å². The molecule has 0 saturated heterocycles. The van der Waals surface area contributed by atoms with Gasteiger partial charge >= 0.3 is 0 Å². The third-order valence-electron chi connectivity index (χ3n) is 5.17. The number of hydrogen-bond acceptors (Lipinski definition) is 4. The van der Waals surface area contributed by atoms with Gasteiger partial charge < -0.3 is 10.6 Å². The highest BCUT2D eigenvalue weighted by molar-refractivity contribution is 7.16. The maximum Gasteiger partial charge on any atom is 0.252 e. The first-order valence-electron chi connectivity index (χ1n) is 9.80. The third kappa shape index (κ3) is 5.23. The van der Waals surface area contributed by atoms with E-state index in [1.54, 1.807) is 12.1 Å². The van der Waals surface area contributed by atoms with Gasteiger partial charge in [-0.05, 0) is 54.4 Å². The number of benzene rings is 1. The fourth-order valence-electron chi connectivity index (χ4n) is 3.45. The number of thiophene rings is 1. The van der Waals surface area contributed by atoms with Crippen LogP contribution < -0.4 is 10.6 Å². The van der Waals surface area contributed by atoms with E-state index in [1.165, 1.54) is 16.2 Å². The van der Waals surface area contributed by atoms with Gasteiger partial charge in [0.1, 0.15) is 17.2 Å². The topological polar surface area (TPSA) is 64.9 Å². The zero-order valence-electron chi connectivity index (χ0n) is 17.1. The number of nitrogens with zero attached hydrogens (tertiary/aromatic N) is 1. The minimum atomic E-state index is -1.81. The summed E-state index contributed by atoms with van der Waals surface area (Å²) in [4.78, 5) is 14.0. The van der Waals surface area contributed by atoms with Crippen LogP contribution in [0.2, 0.25) is 0 Å². The van der Waals surface area contributed by atoms with Crippen LogP contribution in [-0.2, 0) is 18.3 Å². The zero-order valence-corrected chi connectivity index (χ0v) is 20.2. The average molecular weight is 485 g/mol. The molecule has 8 heteroatoms. The lowest BCUT2D eigenvalue weighted by atomic mass is 9.87. The number of hydrogen-bond donors (Lipinski definition) is 2. The van der Waals surface area contributed by atoms with Gasteiger partial charge in [-0.1, -0.05) is 67.7 Å². The Morgan fingerprint density at radius 1 is 1.13 bits per heavy atom. The molecule has 0 saturated carbocycles. The van der Waals surface area contributed by atoms with E-state index in [0.29, 0.717) is 16.1 Å². The Bertz CT molecular complexity index is 966. The van der Waals surface area contributed by atoms with E-state index >= 15 is 0 Å². The second kappa shape index (κ2) is 8.96. The van der Waals surface area contributed by atoms with Crippen LogP contribution in [0.4, 0.5) is 5.00 Å². The summed E-state index contributed by atoms with van der Waals surface area (Å²) < 4.78 is -1.81. The van der Waals surface area contributed by atoms with Crippen LogP contribution in [-0.4, -0.2) is 15.9 Å². The van der Waals surface area contributed by atoms with Gasteiger partial charge in [0, 0.05) is 10.4 Å². The highest BCUT2D eigenvalue weighted by Gasteiger charge is 2.36. The van der Waals surface area contributed by atoms with Gasteiger partial charge in [0.25, 0.3) is 5.91 Å². The van der Waals surface area contributed by atoms with Crippen LogP contribution in [0.25, 0.3) is 0 Å². The number of aryl methyl sites for hydroxylation is 1. The molecule has 1 aliphatic carbocycles. The van der Waals surface area contributed by atoms with Gasteiger partial charge in [0.15, 0.2) is 0 Å². The molecule has 0 fully saturated rings. The molecule has 1 amide bonds. The number of carbonyl (C=O) groups is 1. The standard InChI is InChI=1S/C22H24Cl3N3OS/c1-21(2,3)14-10-8-13(9-11-14)18(29)27-20(22(23,24)25)28-19-16(12-26)15-6-4-5-7-17(15)30-19/h8-11,20,28H,4-7H2,1-3H3,(H,27,29)/t20-/m1/s1. The number of alkyl halides is 3. The van der Waals surface area contributed by atoms with E-state index in [-0.39, 0.29) is 11.3 Å². The lowest BCUT2D eigenvalue weighted by molar-refractivity contribution is 0.0942. The van der Waals surface area contributed by atoms with Gasteiger partial charge in [-0.25, -0.2) is 0 Å². The van der Waals surface area contributed by atoms with Gasteiger partial charge in [0.2, 0.25) is 3.79 Å². The SMILES string of the molecule is CC(C)(C)c1ccc(C(=O)N[C@H](Nc2sc3c(c2C#N)CCCC3)C(Cl)(Cl)Cl)cc1. The van der Waals surface area contributed by atoms with Crippen molar-refractivity contribution in [2.24, 2.45) is 0 Å². The summed E-state index contributed by atoms with van der Waals surface area (Å²) in [5, 5.41) is 16.2. The van der Waals surface area contributed by atoms with Crippen molar-refractivity contribution in [1.29, 1.82) is 5.26 Å². The molecular formula is C22H24Cl3N3OS. The molecule has 0 radical (unpaired) electrons. The van der Waals surface area contributed by atoms with Gasteiger partial charge in [0.05, 0.1) is 5.56 Å². The minimum absolute atomic E-state index is 0.0113. The average Bonchev–Trinajstić information content (AvgIpc) is 3.03. The molecule has 3 rings (SSSR count). The Morgan fingerprint density at radius 2 is 1.77 bits per heavy atom. The van der Waals surface area contributed by atoms with Gasteiger partial charge in [-0.2, -0.15) is 5.26 Å². The summed E-state index contributed by atoms with van der Waals surface area (Å²) in [6.07, 6.45) is 2.99. The van der Waals surface area contributed by atoms with Crippen LogP contribution in [0.5, 0.6) is 0 Å². The van der Waals surface area contributed by atoms with Crippen LogP contribution in [0.15, 0.2) is 24.3 Å². The molecule has 1 heterocycles. The molecule has 1 atom stereocenters. The Balaban J connectivity index is 1.82. The summed E-state index contributed by atoms with van der Waals surface area (Å²) in [5.74, 6) is -0.362. The molecule has 0 bridgehead atoms. The quantitative estimate of drug-likeness (QED) is 0.393. The van der Waals surface area contributed by atoms with Crippen molar-refractivity contribution >= 4 is 57.0 Å². The molecule has 0 spiro atoms. The molecular weight excluding hydrogens is 461 g/mol. The minimum Gasteiger partial charge on any atom is -0.352 e. The van der Waals surface area contributed by atoms with E-state index in [9.17, 15) is 10.1 Å². The molecule has 0 aliphatic heterocycles. The highest BCUT2D eigenvalue weighted by atomic mass is 35.6. The first kappa shape index (κ1) is 23.2. The molecule has 30 heavy (non-hydrogen) atoms. The van der Waals surface area contributed by atoms with Crippen molar-refractivity contribution < 1.29 is 4.79 Å². The summed E-state index contributed by atoms with van der Waals surface area (Å²) >= 11 is 20.0. The molecule has 2 N–H and O–H groups in total. The predicted octanol–water partition coefficient (Wildman–Crippen LogP) is 6.33. The normalized spacial score (nSPS) is 15.1. The lowest BCUT2D eigenvalue weighted by Gasteiger charge is -2.27. The Labute approximate surface area is 196 Å². The first-order valence-corrected chi connectivity index (χ1v) is 11.7. The Hall–Kier alpha value is -1.45. The van der Waals surface area contributed by atoms with E-state index in [4.69, 9.17) is 34.8 Å². The number of nitrogens with one attached hydrogen (secondary N) is 2. The van der Waals surface area contributed by atoms with Gasteiger partial charge in [-0.3, -0.25) is 4.79 Å². The summed E-state index contributed by atoms with van der Waals surface area (Å²) in [7, 11) is 0. The monoisotopic (exact) mass is 483 g/mol. The summed E-state index contributed by atoms with van der Waals surface area (Å²) in [5.41, 5.74) is 3.23. The third-order valence-corrected chi connectivity index (χ3v) is 7.05. The number of nitriles is 1. The molecule has 160 valence electrons. The van der Waals surface area contributed by atoms with Crippen molar-refractivity contribution in [1.82, 2.24) is 5.32 Å². The number of amides is 1. The summed E-state index contributed by atoms with van der Waals surface area (Å²) in [6, 6.07) is 9.64. The Morgan fingerprint density at radius 3 is 2.33 bits per heavy atom. The Kier molecular flexibility index (Phi) is 6.94. The fraction of sp³-hybridized carbons (Fsp3) is 0.455. The highest BCUT2D eigenvalue weighted by Crippen LogP contribution is 2.40. The number of fused-ring (bicyclic) bond motifs is 1. The molecule has 2 aromatic rings. The molecule has 1 aromatic heterocycles. The van der Waals surface area contributed by atoms with Crippen LogP contribution in [0.3, 0.4) is 0 Å². The van der Waals surface area contributed by atoms with Crippen LogP contribution in [0.1, 0.15) is 65.5 Å². The van der Waals surface area contributed by atoms with Crippen molar-refractivity contribution in [3.05, 3.63) is 51.4 Å².